The highest BCUT2D eigenvalue weighted by molar-refractivity contribution is 7.27. The molecule has 1 aliphatic heterocycles. The fourth-order valence-electron chi connectivity index (χ4n) is 1.49. The van der Waals surface area contributed by atoms with Crippen molar-refractivity contribution in [1.29, 1.82) is 0 Å². The second-order valence-electron chi connectivity index (χ2n) is 3.08. The SMILES string of the molecule is CN1Cc2cc(P)ccc2C1=O. The van der Waals surface area contributed by atoms with Gasteiger partial charge in [-0.15, -0.1) is 9.24 Å². The molecule has 0 N–H and O–H groups in total. The molecule has 3 heteroatoms. The first-order valence-corrected chi connectivity index (χ1v) is 4.40. The third-order valence-corrected chi connectivity index (χ3v) is 2.47. The number of rotatable bonds is 0. The molecule has 1 heterocycles. The number of nitrogens with zero attached hydrogens (tertiary/aromatic N) is 1. The van der Waals surface area contributed by atoms with Crippen LogP contribution >= 0.6 is 9.24 Å². The van der Waals surface area contributed by atoms with Crippen LogP contribution in [0.1, 0.15) is 15.9 Å². The summed E-state index contributed by atoms with van der Waals surface area (Å²) in [5, 5.41) is 1.14. The molecule has 1 aliphatic rings. The van der Waals surface area contributed by atoms with E-state index >= 15 is 0 Å². The number of hydrogen-bond donors (Lipinski definition) is 0. The van der Waals surface area contributed by atoms with Gasteiger partial charge >= 0.3 is 0 Å². The van der Waals surface area contributed by atoms with Crippen molar-refractivity contribution in [2.24, 2.45) is 0 Å². The molecule has 0 aliphatic carbocycles. The summed E-state index contributed by atoms with van der Waals surface area (Å²) in [5.74, 6) is 0.134. The fraction of sp³-hybridized carbons (Fsp3) is 0.222. The molecular formula is C9H10NOP. The highest BCUT2D eigenvalue weighted by atomic mass is 31.0. The Bertz CT molecular complexity index is 348. The molecule has 1 unspecified atom stereocenters. The zero-order chi connectivity index (χ0) is 8.72. The van der Waals surface area contributed by atoms with Crippen molar-refractivity contribution in [1.82, 2.24) is 4.90 Å². The number of benzene rings is 1. The van der Waals surface area contributed by atoms with Crippen LogP contribution in [0.3, 0.4) is 0 Å². The third kappa shape index (κ3) is 1.03. The largest absolute Gasteiger partial charge is 0.337 e. The Hall–Kier alpha value is -0.880. The van der Waals surface area contributed by atoms with Crippen LogP contribution in [0.5, 0.6) is 0 Å². The Morgan fingerprint density at radius 2 is 2.25 bits per heavy atom. The third-order valence-electron chi connectivity index (χ3n) is 2.11. The van der Waals surface area contributed by atoms with E-state index < -0.39 is 0 Å². The molecule has 0 saturated carbocycles. The van der Waals surface area contributed by atoms with Crippen LogP contribution in [0.15, 0.2) is 18.2 Å². The molecule has 1 atom stereocenters. The van der Waals surface area contributed by atoms with Crippen LogP contribution in [0.4, 0.5) is 0 Å². The Labute approximate surface area is 73.8 Å². The molecule has 2 nitrogen and oxygen atoms in total. The Morgan fingerprint density at radius 3 is 3.00 bits per heavy atom. The van der Waals surface area contributed by atoms with Crippen molar-refractivity contribution in [3.8, 4) is 0 Å². The first-order chi connectivity index (χ1) is 5.68. The Balaban J connectivity index is 2.54. The normalized spacial score (nSPS) is 15.2. The predicted molar refractivity (Wildman–Crippen MR) is 51.6 cm³/mol. The lowest BCUT2D eigenvalue weighted by molar-refractivity contribution is 0.0816. The van der Waals surface area contributed by atoms with Crippen molar-refractivity contribution >= 4 is 20.5 Å². The number of carbonyl (C=O) groups is 1. The zero-order valence-electron chi connectivity index (χ0n) is 6.87. The second kappa shape index (κ2) is 2.56. The number of amides is 1. The second-order valence-corrected chi connectivity index (χ2v) is 3.74. The van der Waals surface area contributed by atoms with Crippen molar-refractivity contribution in [2.75, 3.05) is 7.05 Å². The van der Waals surface area contributed by atoms with E-state index in [-0.39, 0.29) is 5.91 Å². The molecule has 1 aromatic rings. The van der Waals surface area contributed by atoms with Crippen molar-refractivity contribution in [2.45, 2.75) is 6.54 Å². The standard InChI is InChI=1S/C9H10NOP/c1-10-5-6-4-7(12)2-3-8(6)9(10)11/h2-4H,5,12H2,1H3. The van der Waals surface area contributed by atoms with Gasteiger partial charge in [-0.05, 0) is 23.0 Å². The van der Waals surface area contributed by atoms with Crippen molar-refractivity contribution < 1.29 is 4.79 Å². The summed E-state index contributed by atoms with van der Waals surface area (Å²) >= 11 is 0. The fourth-order valence-corrected chi connectivity index (χ4v) is 1.78. The Kier molecular flexibility index (Phi) is 1.66. The molecule has 0 bridgehead atoms. The van der Waals surface area contributed by atoms with Gasteiger partial charge in [-0.3, -0.25) is 4.79 Å². The van der Waals surface area contributed by atoms with E-state index in [0.717, 1.165) is 23.0 Å². The Morgan fingerprint density at radius 1 is 1.50 bits per heavy atom. The van der Waals surface area contributed by atoms with Crippen molar-refractivity contribution in [3.63, 3.8) is 0 Å². The summed E-state index contributed by atoms with van der Waals surface area (Å²) in [7, 11) is 4.46. The summed E-state index contributed by atoms with van der Waals surface area (Å²) in [6.45, 7) is 0.746. The predicted octanol–water partition coefficient (Wildman–Crippen LogP) is 0.773. The minimum absolute atomic E-state index is 0.134. The smallest absolute Gasteiger partial charge is 0.254 e. The average Bonchev–Trinajstić information content (AvgIpc) is 2.28. The van der Waals surface area contributed by atoms with Gasteiger partial charge in [-0.2, -0.15) is 0 Å². The lowest BCUT2D eigenvalue weighted by Crippen LogP contribution is -2.17. The van der Waals surface area contributed by atoms with Crippen LogP contribution in [0.2, 0.25) is 0 Å². The first kappa shape index (κ1) is 7.75. The highest BCUT2D eigenvalue weighted by Crippen LogP contribution is 2.20. The van der Waals surface area contributed by atoms with Gasteiger partial charge in [0.25, 0.3) is 5.91 Å². The molecule has 0 spiro atoms. The molecule has 0 saturated heterocycles. The highest BCUT2D eigenvalue weighted by Gasteiger charge is 2.23. The first-order valence-electron chi connectivity index (χ1n) is 3.82. The van der Waals surface area contributed by atoms with Crippen LogP contribution in [-0.4, -0.2) is 17.9 Å². The molecule has 62 valence electrons. The monoisotopic (exact) mass is 179 g/mol. The van der Waals surface area contributed by atoms with Gasteiger partial charge in [0.2, 0.25) is 0 Å². The molecular weight excluding hydrogens is 169 g/mol. The van der Waals surface area contributed by atoms with Gasteiger partial charge in [0.1, 0.15) is 0 Å². The van der Waals surface area contributed by atoms with E-state index in [1.807, 2.05) is 25.2 Å². The van der Waals surface area contributed by atoms with Gasteiger partial charge < -0.3 is 4.90 Å². The maximum absolute atomic E-state index is 11.4. The molecule has 0 fully saturated rings. The van der Waals surface area contributed by atoms with Gasteiger partial charge in [0.15, 0.2) is 0 Å². The minimum atomic E-state index is 0.134. The number of fused-ring (bicyclic) bond motifs is 1. The molecule has 0 radical (unpaired) electrons. The summed E-state index contributed by atoms with van der Waals surface area (Å²) < 4.78 is 0. The molecule has 1 aromatic carbocycles. The molecule has 12 heavy (non-hydrogen) atoms. The summed E-state index contributed by atoms with van der Waals surface area (Å²) in [6, 6.07) is 5.88. The summed E-state index contributed by atoms with van der Waals surface area (Å²) in [5.41, 5.74) is 1.98. The van der Waals surface area contributed by atoms with E-state index in [1.165, 1.54) is 0 Å². The maximum atomic E-state index is 11.4. The van der Waals surface area contributed by atoms with E-state index in [2.05, 4.69) is 9.24 Å². The number of hydrogen-bond acceptors (Lipinski definition) is 1. The lowest BCUT2D eigenvalue weighted by Gasteiger charge is -2.04. The van der Waals surface area contributed by atoms with E-state index in [1.54, 1.807) is 4.90 Å². The van der Waals surface area contributed by atoms with Crippen LogP contribution < -0.4 is 5.30 Å². The van der Waals surface area contributed by atoms with E-state index in [0.29, 0.717) is 0 Å². The zero-order valence-corrected chi connectivity index (χ0v) is 8.03. The van der Waals surface area contributed by atoms with Gasteiger partial charge in [-0.25, -0.2) is 0 Å². The topological polar surface area (TPSA) is 20.3 Å². The molecule has 1 amide bonds. The molecule has 0 aromatic heterocycles. The van der Waals surface area contributed by atoms with E-state index in [4.69, 9.17) is 0 Å². The molecule has 2 rings (SSSR count). The van der Waals surface area contributed by atoms with Gasteiger partial charge in [0, 0.05) is 19.2 Å². The minimum Gasteiger partial charge on any atom is -0.337 e. The quantitative estimate of drug-likeness (QED) is 0.539. The lowest BCUT2D eigenvalue weighted by atomic mass is 10.1. The van der Waals surface area contributed by atoms with Crippen LogP contribution in [-0.2, 0) is 6.54 Å². The van der Waals surface area contributed by atoms with Gasteiger partial charge in [-0.1, -0.05) is 6.07 Å². The van der Waals surface area contributed by atoms with Crippen LogP contribution in [0.25, 0.3) is 0 Å². The summed E-state index contributed by atoms with van der Waals surface area (Å²) in [6.07, 6.45) is 0. The summed E-state index contributed by atoms with van der Waals surface area (Å²) in [4.78, 5) is 13.2. The number of carbonyl (C=O) groups excluding carboxylic acids is 1. The van der Waals surface area contributed by atoms with Crippen molar-refractivity contribution in [3.05, 3.63) is 29.3 Å². The maximum Gasteiger partial charge on any atom is 0.254 e. The average molecular weight is 179 g/mol. The van der Waals surface area contributed by atoms with Gasteiger partial charge in [0.05, 0.1) is 0 Å². The van der Waals surface area contributed by atoms with E-state index in [9.17, 15) is 4.79 Å². The van der Waals surface area contributed by atoms with Crippen LogP contribution in [0, 0.1) is 0 Å².